The lowest BCUT2D eigenvalue weighted by atomic mass is 10.2. The van der Waals surface area contributed by atoms with E-state index in [0.29, 0.717) is 13.1 Å². The van der Waals surface area contributed by atoms with Crippen LogP contribution in [0.1, 0.15) is 43.5 Å². The largest absolute Gasteiger partial charge is 0.467 e. The van der Waals surface area contributed by atoms with E-state index < -0.39 is 0 Å². The second-order valence-electron chi connectivity index (χ2n) is 7.36. The summed E-state index contributed by atoms with van der Waals surface area (Å²) in [4.78, 5) is 14.7. The number of benzene rings is 1. The van der Waals surface area contributed by atoms with E-state index in [2.05, 4.69) is 44.0 Å². The normalized spacial score (nSPS) is 13.4. The Hall–Kier alpha value is -2.58. The minimum Gasteiger partial charge on any atom is -0.467 e. The zero-order chi connectivity index (χ0) is 21.5. The van der Waals surface area contributed by atoms with Crippen LogP contribution in [-0.2, 0) is 17.9 Å². The maximum Gasteiger partial charge on any atom is 0.233 e. The first-order valence-corrected chi connectivity index (χ1v) is 11.0. The van der Waals surface area contributed by atoms with Crippen molar-refractivity contribution < 1.29 is 9.21 Å². The fourth-order valence-electron chi connectivity index (χ4n) is 3.27. The number of amides is 1. The molecule has 0 bridgehead atoms. The van der Waals surface area contributed by atoms with Gasteiger partial charge in [-0.1, -0.05) is 49.0 Å². The van der Waals surface area contributed by atoms with Gasteiger partial charge in [0.15, 0.2) is 11.0 Å². The molecule has 160 valence electrons. The van der Waals surface area contributed by atoms with Gasteiger partial charge in [0.25, 0.3) is 0 Å². The number of carbonyl (C=O) groups is 1. The molecule has 0 aliphatic carbocycles. The zero-order valence-corrected chi connectivity index (χ0v) is 18.7. The first kappa shape index (κ1) is 22.1. The Morgan fingerprint density at radius 2 is 1.97 bits per heavy atom. The summed E-state index contributed by atoms with van der Waals surface area (Å²) in [5, 5.41) is 12.3. The van der Waals surface area contributed by atoms with E-state index in [9.17, 15) is 4.79 Å². The molecule has 0 fully saturated rings. The molecule has 8 heteroatoms. The predicted molar refractivity (Wildman–Crippen MR) is 118 cm³/mol. The van der Waals surface area contributed by atoms with E-state index in [4.69, 9.17) is 4.42 Å². The fraction of sp³-hybridized carbons (Fsp3) is 0.409. The third-order valence-electron chi connectivity index (χ3n) is 4.91. The monoisotopic (exact) mass is 427 g/mol. The SMILES string of the molecule is CC[C@H](c1nnc(S[C@H](C)C(=O)NCc2ccco2)n1Cc1ccccc1)N(C)C. The quantitative estimate of drug-likeness (QED) is 0.497. The lowest BCUT2D eigenvalue weighted by molar-refractivity contribution is -0.120. The van der Waals surface area contributed by atoms with Crippen LogP contribution in [0.5, 0.6) is 0 Å². The van der Waals surface area contributed by atoms with E-state index in [1.165, 1.54) is 17.3 Å². The predicted octanol–water partition coefficient (Wildman–Crippen LogP) is 3.73. The van der Waals surface area contributed by atoms with Crippen LogP contribution in [0.4, 0.5) is 0 Å². The molecule has 1 aromatic carbocycles. The van der Waals surface area contributed by atoms with Crippen LogP contribution in [0.15, 0.2) is 58.3 Å². The maximum atomic E-state index is 12.6. The molecule has 2 aromatic heterocycles. The molecule has 0 spiro atoms. The molecule has 0 aliphatic heterocycles. The van der Waals surface area contributed by atoms with Crippen LogP contribution >= 0.6 is 11.8 Å². The molecule has 0 saturated carbocycles. The summed E-state index contributed by atoms with van der Waals surface area (Å²) in [6.45, 7) is 5.06. The molecule has 7 nitrogen and oxygen atoms in total. The molecular formula is C22H29N5O2S. The molecule has 0 radical (unpaired) electrons. The summed E-state index contributed by atoms with van der Waals surface area (Å²) in [7, 11) is 4.10. The van der Waals surface area contributed by atoms with Gasteiger partial charge in [0.2, 0.25) is 5.91 Å². The minimum absolute atomic E-state index is 0.0631. The van der Waals surface area contributed by atoms with Gasteiger partial charge in [0, 0.05) is 0 Å². The molecule has 3 aromatic rings. The Labute approximate surface area is 181 Å². The first-order chi connectivity index (χ1) is 14.5. The molecule has 1 amide bonds. The van der Waals surface area contributed by atoms with Crippen LogP contribution in [0.3, 0.4) is 0 Å². The highest BCUT2D eigenvalue weighted by molar-refractivity contribution is 8.00. The van der Waals surface area contributed by atoms with Gasteiger partial charge < -0.3 is 14.3 Å². The highest BCUT2D eigenvalue weighted by Gasteiger charge is 2.25. The minimum atomic E-state index is -0.314. The van der Waals surface area contributed by atoms with Crippen molar-refractivity contribution in [3.05, 3.63) is 65.9 Å². The number of nitrogens with zero attached hydrogens (tertiary/aromatic N) is 4. The molecule has 0 aliphatic rings. The second-order valence-corrected chi connectivity index (χ2v) is 8.67. The highest BCUT2D eigenvalue weighted by atomic mass is 32.2. The number of carbonyl (C=O) groups excluding carboxylic acids is 1. The summed E-state index contributed by atoms with van der Waals surface area (Å²) in [6, 6.07) is 14.0. The van der Waals surface area contributed by atoms with E-state index in [1.807, 2.05) is 51.4 Å². The Morgan fingerprint density at radius 1 is 1.20 bits per heavy atom. The van der Waals surface area contributed by atoms with Crippen molar-refractivity contribution in [1.29, 1.82) is 0 Å². The number of hydrogen-bond donors (Lipinski definition) is 1. The molecule has 2 atom stereocenters. The Bertz CT molecular complexity index is 924. The van der Waals surface area contributed by atoms with Crippen molar-refractivity contribution in [1.82, 2.24) is 25.0 Å². The van der Waals surface area contributed by atoms with Gasteiger partial charge in [0.05, 0.1) is 30.6 Å². The standard InChI is InChI=1S/C22H29N5O2S/c1-5-19(26(3)4)20-24-25-22(27(20)15-17-10-7-6-8-11-17)30-16(2)21(28)23-14-18-12-9-13-29-18/h6-13,16,19H,5,14-15H2,1-4H3,(H,23,28)/t16-,19-/m1/s1. The topological polar surface area (TPSA) is 76.2 Å². The molecule has 0 unspecified atom stereocenters. The van der Waals surface area contributed by atoms with Crippen molar-refractivity contribution in [2.75, 3.05) is 14.1 Å². The smallest absolute Gasteiger partial charge is 0.233 e. The van der Waals surface area contributed by atoms with Crippen LogP contribution < -0.4 is 5.32 Å². The number of rotatable bonds is 10. The third-order valence-corrected chi connectivity index (χ3v) is 5.99. The van der Waals surface area contributed by atoms with Crippen LogP contribution in [0.25, 0.3) is 0 Å². The van der Waals surface area contributed by atoms with Gasteiger partial charge >= 0.3 is 0 Å². The molecular weight excluding hydrogens is 398 g/mol. The van der Waals surface area contributed by atoms with Crippen LogP contribution in [0, 0.1) is 0 Å². The first-order valence-electron chi connectivity index (χ1n) is 10.1. The molecule has 30 heavy (non-hydrogen) atoms. The lowest BCUT2D eigenvalue weighted by Crippen LogP contribution is -2.30. The summed E-state index contributed by atoms with van der Waals surface area (Å²) in [5.74, 6) is 1.58. The van der Waals surface area contributed by atoms with Crippen molar-refractivity contribution >= 4 is 17.7 Å². The van der Waals surface area contributed by atoms with Crippen LogP contribution in [-0.4, -0.2) is 44.9 Å². The average molecular weight is 428 g/mol. The number of furan rings is 1. The summed E-state index contributed by atoms with van der Waals surface area (Å²) >= 11 is 1.42. The number of aromatic nitrogens is 3. The zero-order valence-electron chi connectivity index (χ0n) is 17.9. The van der Waals surface area contributed by atoms with E-state index >= 15 is 0 Å². The van der Waals surface area contributed by atoms with Gasteiger partial charge in [0.1, 0.15) is 5.76 Å². The van der Waals surface area contributed by atoms with Gasteiger partial charge in [-0.25, -0.2) is 0 Å². The van der Waals surface area contributed by atoms with Crippen LogP contribution in [0.2, 0.25) is 0 Å². The molecule has 1 N–H and O–H groups in total. The Morgan fingerprint density at radius 3 is 2.60 bits per heavy atom. The highest BCUT2D eigenvalue weighted by Crippen LogP contribution is 2.28. The number of thioether (sulfide) groups is 1. The van der Waals surface area contributed by atoms with Gasteiger partial charge in [-0.2, -0.15) is 0 Å². The van der Waals surface area contributed by atoms with Crippen molar-refractivity contribution in [2.24, 2.45) is 0 Å². The van der Waals surface area contributed by atoms with Gasteiger partial charge in [-0.15, -0.1) is 10.2 Å². The number of nitrogens with one attached hydrogen (secondary N) is 1. The lowest BCUT2D eigenvalue weighted by Gasteiger charge is -2.23. The summed E-state index contributed by atoms with van der Waals surface area (Å²) < 4.78 is 7.41. The summed E-state index contributed by atoms with van der Waals surface area (Å²) in [5.41, 5.74) is 1.17. The molecule has 0 saturated heterocycles. The Balaban J connectivity index is 1.78. The van der Waals surface area contributed by atoms with Gasteiger partial charge in [-0.05, 0) is 45.1 Å². The molecule has 3 rings (SSSR count). The van der Waals surface area contributed by atoms with Crippen molar-refractivity contribution in [3.63, 3.8) is 0 Å². The summed E-state index contributed by atoms with van der Waals surface area (Å²) in [6.07, 6.45) is 2.52. The van der Waals surface area contributed by atoms with E-state index in [1.54, 1.807) is 6.26 Å². The van der Waals surface area contributed by atoms with E-state index in [-0.39, 0.29) is 17.2 Å². The fourth-order valence-corrected chi connectivity index (χ4v) is 4.15. The third kappa shape index (κ3) is 5.52. The second kappa shape index (κ2) is 10.4. The molecule has 2 heterocycles. The maximum absolute atomic E-state index is 12.6. The average Bonchev–Trinajstić information content (AvgIpc) is 3.39. The number of hydrogen-bond acceptors (Lipinski definition) is 6. The Kier molecular flexibility index (Phi) is 7.70. The van der Waals surface area contributed by atoms with Crippen molar-refractivity contribution in [3.8, 4) is 0 Å². The van der Waals surface area contributed by atoms with Gasteiger partial charge in [-0.3, -0.25) is 9.69 Å². The van der Waals surface area contributed by atoms with Crippen molar-refractivity contribution in [2.45, 2.75) is 49.8 Å². The van der Waals surface area contributed by atoms with E-state index in [0.717, 1.165) is 23.2 Å².